The summed E-state index contributed by atoms with van der Waals surface area (Å²) >= 11 is 0. The first-order chi connectivity index (χ1) is 16.7. The maximum atomic E-state index is 10.6. The maximum absolute atomic E-state index is 10.6. The summed E-state index contributed by atoms with van der Waals surface area (Å²) in [5.74, 6) is -1.90. The van der Waals surface area contributed by atoms with Gasteiger partial charge >= 0.3 is 12.1 Å². The molecule has 0 radical (unpaired) electrons. The third-order valence-electron chi connectivity index (χ3n) is 5.27. The van der Waals surface area contributed by atoms with Gasteiger partial charge in [-0.05, 0) is 53.4 Å². The molecule has 0 atom stereocenters. The smallest absolute Gasteiger partial charge is 0.490 e. The third kappa shape index (κ3) is 6.72. The van der Waals surface area contributed by atoms with Gasteiger partial charge in [0.05, 0.1) is 19.1 Å². The Hall–Kier alpha value is -4.07. The Morgan fingerprint density at radius 2 is 1.57 bits per heavy atom. The van der Waals surface area contributed by atoms with E-state index in [1.165, 1.54) is 22.4 Å². The van der Waals surface area contributed by atoms with Crippen molar-refractivity contribution < 1.29 is 27.8 Å². The number of nitrogens with zero attached hydrogens (tertiary/aromatic N) is 2. The van der Waals surface area contributed by atoms with Crippen LogP contribution in [0.25, 0.3) is 22.4 Å². The van der Waals surface area contributed by atoms with E-state index in [0.29, 0.717) is 0 Å². The second kappa shape index (κ2) is 11.4. The number of aliphatic carboxylic acids is 1. The predicted octanol–water partition coefficient (Wildman–Crippen LogP) is 6.47. The number of hydrogen-bond acceptors (Lipinski definition) is 3. The van der Waals surface area contributed by atoms with Crippen molar-refractivity contribution in [3.8, 4) is 28.1 Å². The van der Waals surface area contributed by atoms with Crippen molar-refractivity contribution >= 4 is 5.97 Å². The van der Waals surface area contributed by atoms with Crippen LogP contribution >= 0.6 is 0 Å². The predicted molar refractivity (Wildman–Crippen MR) is 128 cm³/mol. The van der Waals surface area contributed by atoms with Gasteiger partial charge in [-0.3, -0.25) is 0 Å². The summed E-state index contributed by atoms with van der Waals surface area (Å²) in [7, 11) is 1.69. The lowest BCUT2D eigenvalue weighted by Gasteiger charge is -2.10. The Labute approximate surface area is 201 Å². The first kappa shape index (κ1) is 25.6. The van der Waals surface area contributed by atoms with Gasteiger partial charge in [0, 0.05) is 17.8 Å². The molecule has 1 aromatic heterocycles. The van der Waals surface area contributed by atoms with Crippen LogP contribution in [0.2, 0.25) is 0 Å². The molecule has 1 heterocycles. The van der Waals surface area contributed by atoms with E-state index in [1.807, 2.05) is 24.5 Å². The van der Waals surface area contributed by atoms with Crippen LogP contribution in [0.5, 0.6) is 5.75 Å². The number of imidazole rings is 1. The molecule has 0 unspecified atom stereocenters. The number of aromatic nitrogens is 2. The highest BCUT2D eigenvalue weighted by Gasteiger charge is 2.38. The highest BCUT2D eigenvalue weighted by molar-refractivity contribution is 5.73. The molecule has 4 rings (SSSR count). The van der Waals surface area contributed by atoms with E-state index in [-0.39, 0.29) is 0 Å². The molecule has 0 spiro atoms. The fourth-order valence-corrected chi connectivity index (χ4v) is 3.58. The Balaban J connectivity index is 0.000000429. The maximum Gasteiger partial charge on any atom is 0.490 e. The van der Waals surface area contributed by atoms with Crippen LogP contribution in [0.3, 0.4) is 0 Å². The van der Waals surface area contributed by atoms with E-state index < -0.39 is 12.1 Å². The molecule has 0 aliphatic heterocycles. The van der Waals surface area contributed by atoms with Gasteiger partial charge in [-0.1, -0.05) is 55.5 Å². The summed E-state index contributed by atoms with van der Waals surface area (Å²) in [6.07, 6.45) is -2.20. The molecule has 0 saturated carbocycles. The quantitative estimate of drug-likeness (QED) is 0.342. The van der Waals surface area contributed by atoms with Gasteiger partial charge in [-0.15, -0.1) is 0 Å². The van der Waals surface area contributed by atoms with E-state index >= 15 is 0 Å². The van der Waals surface area contributed by atoms with Crippen molar-refractivity contribution in [2.45, 2.75) is 26.1 Å². The molecule has 1 N–H and O–H groups in total. The van der Waals surface area contributed by atoms with Crippen molar-refractivity contribution in [2.75, 3.05) is 7.11 Å². The second-order valence-electron chi connectivity index (χ2n) is 7.62. The van der Waals surface area contributed by atoms with E-state index in [0.717, 1.165) is 30.0 Å². The fraction of sp³-hybridized carbons (Fsp3) is 0.185. The Bertz CT molecular complexity index is 1250. The summed E-state index contributed by atoms with van der Waals surface area (Å²) < 4.78 is 39.3. The van der Waals surface area contributed by atoms with Crippen LogP contribution in [0.15, 0.2) is 85.2 Å². The summed E-state index contributed by atoms with van der Waals surface area (Å²) in [6, 6.07) is 27.3. The molecule has 0 saturated heterocycles. The van der Waals surface area contributed by atoms with Crippen molar-refractivity contribution in [1.29, 1.82) is 0 Å². The normalized spacial score (nSPS) is 10.9. The van der Waals surface area contributed by atoms with E-state index in [9.17, 15) is 13.2 Å². The monoisotopic (exact) mass is 482 g/mol. The first-order valence-electron chi connectivity index (χ1n) is 10.9. The minimum absolute atomic E-state index is 0.813. The lowest BCUT2D eigenvalue weighted by Crippen LogP contribution is -2.21. The van der Waals surface area contributed by atoms with Crippen LogP contribution in [0.4, 0.5) is 13.2 Å². The summed E-state index contributed by atoms with van der Waals surface area (Å²) in [4.78, 5) is 13.6. The zero-order valence-electron chi connectivity index (χ0n) is 19.3. The van der Waals surface area contributed by atoms with E-state index in [4.69, 9.17) is 19.6 Å². The highest BCUT2D eigenvalue weighted by atomic mass is 19.4. The van der Waals surface area contributed by atoms with E-state index in [2.05, 4.69) is 72.2 Å². The molecule has 0 fully saturated rings. The number of alkyl halides is 3. The second-order valence-corrected chi connectivity index (χ2v) is 7.62. The molecule has 8 heteroatoms. The highest BCUT2D eigenvalue weighted by Crippen LogP contribution is 2.26. The summed E-state index contributed by atoms with van der Waals surface area (Å²) in [6.45, 7) is 2.99. The van der Waals surface area contributed by atoms with Gasteiger partial charge in [0.15, 0.2) is 0 Å². The zero-order valence-corrected chi connectivity index (χ0v) is 19.3. The molecule has 0 amide bonds. The molecule has 0 aliphatic carbocycles. The van der Waals surface area contributed by atoms with Crippen molar-refractivity contribution in [1.82, 2.24) is 9.55 Å². The molecule has 5 nitrogen and oxygen atoms in total. The van der Waals surface area contributed by atoms with Crippen LogP contribution in [-0.2, 0) is 17.8 Å². The Morgan fingerprint density at radius 1 is 0.943 bits per heavy atom. The summed E-state index contributed by atoms with van der Waals surface area (Å²) in [5.41, 5.74) is 7.17. The molecular weight excluding hydrogens is 457 g/mol. The minimum atomic E-state index is -5.08. The van der Waals surface area contributed by atoms with Gasteiger partial charge in [-0.25, -0.2) is 9.78 Å². The molecular formula is C27H25F3N2O3. The molecule has 0 bridgehead atoms. The standard InChI is InChI=1S/C25H24N2O.C2HF3O2/c1-3-24-25(21-12-14-23(28-2)15-13-21)26-18-27(24)17-19-8-7-11-22(16-19)20-9-5-4-6-10-20;3-2(4,5)1(6)7/h4-16,18H,3,17H2,1-2H3;(H,6,7). The van der Waals surface area contributed by atoms with Gasteiger partial charge in [0.25, 0.3) is 0 Å². The van der Waals surface area contributed by atoms with E-state index in [1.54, 1.807) is 7.11 Å². The fourth-order valence-electron chi connectivity index (χ4n) is 3.58. The number of rotatable bonds is 6. The average Bonchev–Trinajstić information content (AvgIpc) is 3.27. The number of halogens is 3. The number of carboxylic acid groups (broad SMARTS) is 1. The molecule has 3 aromatic carbocycles. The lowest BCUT2D eigenvalue weighted by molar-refractivity contribution is -0.192. The van der Waals surface area contributed by atoms with Crippen LogP contribution in [0, 0.1) is 0 Å². The van der Waals surface area contributed by atoms with Gasteiger partial charge < -0.3 is 14.4 Å². The first-order valence-corrected chi connectivity index (χ1v) is 10.9. The number of benzene rings is 3. The lowest BCUT2D eigenvalue weighted by atomic mass is 10.0. The van der Waals surface area contributed by atoms with Gasteiger partial charge in [0.2, 0.25) is 0 Å². The average molecular weight is 483 g/mol. The summed E-state index contributed by atoms with van der Waals surface area (Å²) in [5, 5.41) is 7.12. The SMILES string of the molecule is CCc1c(-c2ccc(OC)cc2)ncn1Cc1cccc(-c2ccccc2)c1.O=C(O)C(F)(F)F. The number of carboxylic acids is 1. The Kier molecular flexibility index (Phi) is 8.30. The molecule has 0 aliphatic rings. The van der Waals surface area contributed by atoms with Crippen LogP contribution in [-0.4, -0.2) is 33.9 Å². The third-order valence-corrected chi connectivity index (χ3v) is 5.27. The largest absolute Gasteiger partial charge is 0.497 e. The number of carbonyl (C=O) groups is 1. The molecule has 182 valence electrons. The number of methoxy groups -OCH3 is 1. The van der Waals surface area contributed by atoms with Crippen molar-refractivity contribution in [2.24, 2.45) is 0 Å². The molecule has 35 heavy (non-hydrogen) atoms. The van der Waals surface area contributed by atoms with Gasteiger partial charge in [-0.2, -0.15) is 13.2 Å². The van der Waals surface area contributed by atoms with Crippen LogP contribution in [0.1, 0.15) is 18.2 Å². The zero-order chi connectivity index (χ0) is 25.4. The molecule has 4 aromatic rings. The van der Waals surface area contributed by atoms with Crippen LogP contribution < -0.4 is 4.74 Å². The van der Waals surface area contributed by atoms with Crippen molar-refractivity contribution in [3.05, 3.63) is 96.4 Å². The minimum Gasteiger partial charge on any atom is -0.497 e. The van der Waals surface area contributed by atoms with Gasteiger partial charge in [0.1, 0.15) is 5.75 Å². The number of hydrogen-bond donors (Lipinski definition) is 1. The topological polar surface area (TPSA) is 64.4 Å². The van der Waals surface area contributed by atoms with Crippen molar-refractivity contribution in [3.63, 3.8) is 0 Å². The number of ether oxygens (including phenoxy) is 1. The Morgan fingerprint density at radius 3 is 2.14 bits per heavy atom.